The van der Waals surface area contributed by atoms with Gasteiger partial charge in [-0.1, -0.05) is 11.6 Å². The first kappa shape index (κ1) is 17.6. The van der Waals surface area contributed by atoms with Crippen molar-refractivity contribution in [3.8, 4) is 0 Å². The molecule has 1 aromatic rings. The second-order valence-electron chi connectivity index (χ2n) is 5.58. The zero-order valence-electron chi connectivity index (χ0n) is 13.4. The van der Waals surface area contributed by atoms with E-state index in [2.05, 4.69) is 4.72 Å². The second kappa shape index (κ2) is 7.78. The number of carbonyl (C=O) groups excluding carboxylic acids is 1. The number of nitrogens with one attached hydrogen (secondary N) is 1. The zero-order valence-corrected chi connectivity index (χ0v) is 15.0. The first-order valence-corrected chi connectivity index (χ1v) is 9.23. The van der Waals surface area contributed by atoms with Crippen molar-refractivity contribution in [1.82, 2.24) is 0 Å². The predicted octanol–water partition coefficient (Wildman–Crippen LogP) is 3.80. The topological polar surface area (TPSA) is 56.8 Å². The molecule has 0 amide bonds. The van der Waals surface area contributed by atoms with Gasteiger partial charge in [0, 0.05) is 17.1 Å². The summed E-state index contributed by atoms with van der Waals surface area (Å²) in [6.45, 7) is 3.24. The minimum absolute atomic E-state index is 0.0295. The van der Waals surface area contributed by atoms with Crippen molar-refractivity contribution in [3.05, 3.63) is 40.9 Å². The molecule has 1 heterocycles. The maximum atomic E-state index is 12.3. The van der Waals surface area contributed by atoms with Gasteiger partial charge in [-0.3, -0.25) is 0 Å². The van der Waals surface area contributed by atoms with Gasteiger partial charge in [0.25, 0.3) is 0 Å². The van der Waals surface area contributed by atoms with E-state index in [0.717, 1.165) is 18.5 Å². The fourth-order valence-electron chi connectivity index (χ4n) is 2.77. The molecule has 1 fully saturated rings. The molecule has 1 aromatic carbocycles. The van der Waals surface area contributed by atoms with Crippen LogP contribution in [0.15, 0.2) is 35.9 Å². The van der Waals surface area contributed by atoms with Crippen LogP contribution in [0.25, 0.3) is 0 Å². The van der Waals surface area contributed by atoms with E-state index in [9.17, 15) is 4.79 Å². The minimum atomic E-state index is -0.764. The standard InChI is InChI=1S/C17H20ClNO4S/c1-2-21-16(20)14-11-17(22-9-10-23-17)8-7-15(14)24-19-13-5-3-12(18)4-6-13/h3-6,11,15,19H,2,7-10H2,1H3. The van der Waals surface area contributed by atoms with Crippen molar-refractivity contribution in [3.63, 3.8) is 0 Å². The lowest BCUT2D eigenvalue weighted by atomic mass is 9.94. The van der Waals surface area contributed by atoms with E-state index in [0.29, 0.717) is 30.4 Å². The molecule has 1 unspecified atom stereocenters. The van der Waals surface area contributed by atoms with Crippen molar-refractivity contribution >= 4 is 35.2 Å². The van der Waals surface area contributed by atoms with E-state index in [1.54, 1.807) is 13.0 Å². The second-order valence-corrected chi connectivity index (χ2v) is 7.03. The number of halogens is 1. The van der Waals surface area contributed by atoms with Gasteiger partial charge < -0.3 is 18.9 Å². The van der Waals surface area contributed by atoms with E-state index in [1.807, 2.05) is 24.3 Å². The lowest BCUT2D eigenvalue weighted by Gasteiger charge is -2.33. The van der Waals surface area contributed by atoms with Crippen molar-refractivity contribution < 1.29 is 19.0 Å². The van der Waals surface area contributed by atoms with Gasteiger partial charge in [0.1, 0.15) is 0 Å². The average molecular weight is 370 g/mol. The third-order valence-corrected chi connectivity index (χ3v) is 5.31. The first-order valence-electron chi connectivity index (χ1n) is 7.97. The lowest BCUT2D eigenvalue weighted by molar-refractivity contribution is -0.142. The number of rotatable bonds is 5. The molecule has 5 nitrogen and oxygen atoms in total. The maximum Gasteiger partial charge on any atom is 0.335 e. The molecular formula is C17H20ClNO4S. The largest absolute Gasteiger partial charge is 0.463 e. The van der Waals surface area contributed by atoms with Gasteiger partial charge in [0.05, 0.1) is 30.6 Å². The molecule has 0 aromatic heterocycles. The highest BCUT2D eigenvalue weighted by Gasteiger charge is 2.42. The van der Waals surface area contributed by atoms with Crippen LogP contribution in [-0.2, 0) is 19.0 Å². The first-order chi connectivity index (χ1) is 11.6. The molecule has 1 saturated heterocycles. The Morgan fingerprint density at radius 1 is 1.38 bits per heavy atom. The van der Waals surface area contributed by atoms with Crippen molar-refractivity contribution in [1.29, 1.82) is 0 Å². The Morgan fingerprint density at radius 3 is 2.75 bits per heavy atom. The number of hydrogen-bond acceptors (Lipinski definition) is 6. The van der Waals surface area contributed by atoms with Crippen molar-refractivity contribution in [2.75, 3.05) is 24.5 Å². The van der Waals surface area contributed by atoms with Crippen LogP contribution in [0.1, 0.15) is 19.8 Å². The van der Waals surface area contributed by atoms with E-state index < -0.39 is 5.79 Å². The Hall–Kier alpha value is -1.21. The Bertz CT molecular complexity index is 614. The highest BCUT2D eigenvalue weighted by molar-refractivity contribution is 8.01. The van der Waals surface area contributed by atoms with E-state index in [1.165, 1.54) is 11.9 Å². The fraction of sp³-hybridized carbons (Fsp3) is 0.471. The lowest BCUT2D eigenvalue weighted by Crippen LogP contribution is -2.36. The molecule has 0 radical (unpaired) electrons. The number of ether oxygens (including phenoxy) is 3. The predicted molar refractivity (Wildman–Crippen MR) is 95.0 cm³/mol. The molecule has 7 heteroatoms. The Labute approximate surface area is 150 Å². The average Bonchev–Trinajstić information content (AvgIpc) is 3.03. The summed E-state index contributed by atoms with van der Waals surface area (Å²) >= 11 is 7.38. The summed E-state index contributed by atoms with van der Waals surface area (Å²) in [5, 5.41) is 0.658. The number of hydrogen-bond donors (Lipinski definition) is 1. The molecule has 1 atom stereocenters. The minimum Gasteiger partial charge on any atom is -0.463 e. The van der Waals surface area contributed by atoms with Crippen LogP contribution in [-0.4, -0.2) is 36.8 Å². The van der Waals surface area contributed by atoms with Crippen LogP contribution >= 0.6 is 23.5 Å². The molecule has 2 aliphatic rings. The summed E-state index contributed by atoms with van der Waals surface area (Å²) < 4.78 is 19.9. The van der Waals surface area contributed by atoms with Crippen molar-refractivity contribution in [2.24, 2.45) is 0 Å². The Morgan fingerprint density at radius 2 is 2.08 bits per heavy atom. The van der Waals surface area contributed by atoms with Crippen LogP contribution in [0, 0.1) is 0 Å². The molecule has 130 valence electrons. The quantitative estimate of drug-likeness (QED) is 0.629. The third-order valence-electron chi connectivity index (χ3n) is 3.93. The molecule has 24 heavy (non-hydrogen) atoms. The summed E-state index contributed by atoms with van der Waals surface area (Å²) in [6, 6.07) is 7.44. The monoisotopic (exact) mass is 369 g/mol. The van der Waals surface area contributed by atoms with E-state index in [-0.39, 0.29) is 11.2 Å². The molecule has 1 aliphatic heterocycles. The molecule has 1 N–H and O–H groups in total. The van der Waals surface area contributed by atoms with Gasteiger partial charge in [-0.2, -0.15) is 0 Å². The highest BCUT2D eigenvalue weighted by Crippen LogP contribution is 2.39. The smallest absolute Gasteiger partial charge is 0.335 e. The van der Waals surface area contributed by atoms with Crippen LogP contribution in [0.3, 0.4) is 0 Å². The Kier molecular flexibility index (Phi) is 5.71. The maximum absolute atomic E-state index is 12.3. The highest BCUT2D eigenvalue weighted by atomic mass is 35.5. The zero-order chi connectivity index (χ0) is 17.0. The van der Waals surface area contributed by atoms with Gasteiger partial charge >= 0.3 is 5.97 Å². The van der Waals surface area contributed by atoms with Crippen LogP contribution in [0.5, 0.6) is 0 Å². The summed E-state index contributed by atoms with van der Waals surface area (Å²) in [4.78, 5) is 12.3. The molecule has 1 aliphatic carbocycles. The summed E-state index contributed by atoms with van der Waals surface area (Å²) in [7, 11) is 0. The molecule has 1 spiro atoms. The number of benzene rings is 1. The normalized spacial score (nSPS) is 22.2. The van der Waals surface area contributed by atoms with Gasteiger partial charge in [0.2, 0.25) is 0 Å². The van der Waals surface area contributed by atoms with Crippen LogP contribution < -0.4 is 4.72 Å². The molecule has 0 bridgehead atoms. The number of carbonyl (C=O) groups is 1. The molecular weight excluding hydrogens is 350 g/mol. The third kappa shape index (κ3) is 4.06. The van der Waals surface area contributed by atoms with Crippen LogP contribution in [0.4, 0.5) is 5.69 Å². The van der Waals surface area contributed by atoms with Gasteiger partial charge in [-0.25, -0.2) is 4.79 Å². The van der Waals surface area contributed by atoms with E-state index in [4.69, 9.17) is 25.8 Å². The Balaban J connectivity index is 1.73. The van der Waals surface area contributed by atoms with E-state index >= 15 is 0 Å². The summed E-state index contributed by atoms with van der Waals surface area (Å²) in [6.07, 6.45) is 3.27. The number of anilines is 1. The van der Waals surface area contributed by atoms with Crippen LogP contribution in [0.2, 0.25) is 5.02 Å². The number of esters is 1. The van der Waals surface area contributed by atoms with Gasteiger partial charge in [-0.15, -0.1) is 0 Å². The molecule has 0 saturated carbocycles. The van der Waals surface area contributed by atoms with Crippen molar-refractivity contribution in [2.45, 2.75) is 30.8 Å². The fourth-order valence-corrected chi connectivity index (χ4v) is 3.84. The van der Waals surface area contributed by atoms with Gasteiger partial charge in [0.15, 0.2) is 5.79 Å². The summed E-state index contributed by atoms with van der Waals surface area (Å²) in [5.74, 6) is -1.08. The summed E-state index contributed by atoms with van der Waals surface area (Å²) in [5.41, 5.74) is 1.53. The van der Waals surface area contributed by atoms with Gasteiger partial charge in [-0.05, 0) is 55.6 Å². The molecule has 3 rings (SSSR count). The SMILES string of the molecule is CCOC(=O)C1=CC2(CCC1SNc1ccc(Cl)cc1)OCCO2.